The number of hydrogen-bond acceptors (Lipinski definition) is 4. The molecule has 1 aromatic carbocycles. The topological polar surface area (TPSA) is 84.5 Å². The number of ether oxygens (including phenoxy) is 1. The van der Waals surface area contributed by atoms with Crippen LogP contribution in [-0.4, -0.2) is 36.0 Å². The second-order valence-corrected chi connectivity index (χ2v) is 10.4. The summed E-state index contributed by atoms with van der Waals surface area (Å²) in [4.78, 5) is 37.8. The first kappa shape index (κ1) is 21.8. The van der Waals surface area contributed by atoms with Gasteiger partial charge >= 0.3 is 5.97 Å². The smallest absolute Gasteiger partial charge is 0.329 e. The van der Waals surface area contributed by atoms with Crippen LogP contribution < -0.4 is 10.6 Å². The molecule has 4 bridgehead atoms. The molecule has 0 heterocycles. The van der Waals surface area contributed by atoms with Gasteiger partial charge in [-0.15, -0.1) is 0 Å². The average molecular weight is 427 g/mol. The predicted octanol–water partition coefficient (Wildman–Crippen LogP) is 3.38. The number of esters is 1. The van der Waals surface area contributed by atoms with Gasteiger partial charge in [0.15, 0.2) is 6.61 Å². The first-order chi connectivity index (χ1) is 14.7. The Morgan fingerprint density at radius 2 is 1.55 bits per heavy atom. The number of rotatable bonds is 7. The van der Waals surface area contributed by atoms with Gasteiger partial charge in [0, 0.05) is 11.1 Å². The summed E-state index contributed by atoms with van der Waals surface area (Å²) in [6.45, 7) is 5.34. The zero-order chi connectivity index (χ0) is 22.2. The molecule has 0 aliphatic heterocycles. The maximum Gasteiger partial charge on any atom is 0.329 e. The van der Waals surface area contributed by atoms with Gasteiger partial charge in [-0.05, 0) is 81.3 Å². The van der Waals surface area contributed by atoms with E-state index in [1.165, 1.54) is 19.3 Å². The van der Waals surface area contributed by atoms with Crippen LogP contribution in [0.4, 0.5) is 0 Å². The molecule has 1 atom stereocenters. The monoisotopic (exact) mass is 426 g/mol. The van der Waals surface area contributed by atoms with E-state index >= 15 is 0 Å². The van der Waals surface area contributed by atoms with Crippen molar-refractivity contribution in [1.29, 1.82) is 0 Å². The van der Waals surface area contributed by atoms with Crippen LogP contribution in [0.3, 0.4) is 0 Å². The molecule has 4 fully saturated rings. The molecular formula is C25H34N2O4. The van der Waals surface area contributed by atoms with Crippen LogP contribution in [0.5, 0.6) is 0 Å². The summed E-state index contributed by atoms with van der Waals surface area (Å²) in [6.07, 6.45) is 7.09. The van der Waals surface area contributed by atoms with E-state index in [0.29, 0.717) is 5.56 Å². The van der Waals surface area contributed by atoms with E-state index in [4.69, 9.17) is 4.74 Å². The van der Waals surface area contributed by atoms with E-state index in [2.05, 4.69) is 10.6 Å². The molecule has 4 aliphatic rings. The molecule has 0 radical (unpaired) electrons. The van der Waals surface area contributed by atoms with Crippen molar-refractivity contribution in [2.24, 2.45) is 23.7 Å². The van der Waals surface area contributed by atoms with Crippen LogP contribution in [-0.2, 0) is 14.3 Å². The van der Waals surface area contributed by atoms with Crippen molar-refractivity contribution in [1.82, 2.24) is 10.6 Å². The number of carbonyl (C=O) groups excluding carboxylic acids is 3. The first-order valence-electron chi connectivity index (χ1n) is 11.6. The SMILES string of the molecule is Cc1ccc(C(=O)NC(C(=O)OCC(=O)NC23CC4CC(CC(C4)C2)C3)C(C)C)cc1. The zero-order valence-corrected chi connectivity index (χ0v) is 18.8. The molecule has 0 saturated heterocycles. The van der Waals surface area contributed by atoms with E-state index in [-0.39, 0.29) is 29.9 Å². The number of nitrogens with one attached hydrogen (secondary N) is 2. The lowest BCUT2D eigenvalue weighted by molar-refractivity contribution is -0.152. The lowest BCUT2D eigenvalue weighted by atomic mass is 9.53. The van der Waals surface area contributed by atoms with E-state index in [0.717, 1.165) is 42.6 Å². The highest BCUT2D eigenvalue weighted by molar-refractivity contribution is 5.97. The molecule has 1 aromatic rings. The minimum atomic E-state index is -0.804. The van der Waals surface area contributed by atoms with Gasteiger partial charge in [0.1, 0.15) is 6.04 Å². The molecular weight excluding hydrogens is 392 g/mol. The average Bonchev–Trinajstić information content (AvgIpc) is 2.69. The number of aryl methyl sites for hydroxylation is 1. The lowest BCUT2D eigenvalue weighted by Crippen LogP contribution is -2.60. The van der Waals surface area contributed by atoms with Gasteiger partial charge in [-0.2, -0.15) is 0 Å². The fourth-order valence-corrected chi connectivity index (χ4v) is 6.25. The largest absolute Gasteiger partial charge is 0.454 e. The van der Waals surface area contributed by atoms with Crippen LogP contribution >= 0.6 is 0 Å². The Bertz CT molecular complexity index is 810. The fraction of sp³-hybridized carbons (Fsp3) is 0.640. The van der Waals surface area contributed by atoms with Crippen molar-refractivity contribution >= 4 is 17.8 Å². The number of hydrogen-bond donors (Lipinski definition) is 2. The lowest BCUT2D eigenvalue weighted by Gasteiger charge is -2.56. The summed E-state index contributed by atoms with van der Waals surface area (Å²) >= 11 is 0. The highest BCUT2D eigenvalue weighted by Gasteiger charge is 2.51. The minimum Gasteiger partial charge on any atom is -0.454 e. The molecule has 5 rings (SSSR count). The summed E-state index contributed by atoms with van der Waals surface area (Å²) in [5.41, 5.74) is 1.44. The van der Waals surface area contributed by atoms with Crippen molar-refractivity contribution in [3.8, 4) is 0 Å². The standard InChI is InChI=1S/C25H34N2O4/c1-15(2)22(26-23(29)20-6-4-16(3)5-7-20)24(30)31-14-21(28)27-25-11-17-8-18(12-25)10-19(9-17)13-25/h4-7,15,17-19,22H,8-14H2,1-3H3,(H,26,29)(H,27,28). The van der Waals surface area contributed by atoms with Crippen molar-refractivity contribution in [2.75, 3.05) is 6.61 Å². The molecule has 0 aromatic heterocycles. The van der Waals surface area contributed by atoms with E-state index in [1.807, 2.05) is 32.9 Å². The van der Waals surface area contributed by atoms with E-state index < -0.39 is 12.0 Å². The molecule has 4 aliphatic carbocycles. The third-order valence-corrected chi connectivity index (χ3v) is 7.31. The molecule has 6 nitrogen and oxygen atoms in total. The van der Waals surface area contributed by atoms with Crippen molar-refractivity contribution in [2.45, 2.75) is 70.9 Å². The van der Waals surface area contributed by atoms with Gasteiger partial charge in [0.25, 0.3) is 11.8 Å². The molecule has 168 valence electrons. The first-order valence-corrected chi connectivity index (χ1v) is 11.6. The Labute approximate surface area is 184 Å². The number of carbonyl (C=O) groups is 3. The van der Waals surface area contributed by atoms with Gasteiger partial charge in [0.05, 0.1) is 0 Å². The summed E-state index contributed by atoms with van der Waals surface area (Å²) in [5.74, 6) is 0.907. The molecule has 4 saturated carbocycles. The Morgan fingerprint density at radius 1 is 1.00 bits per heavy atom. The highest BCUT2D eigenvalue weighted by Crippen LogP contribution is 2.55. The molecule has 1 unspecified atom stereocenters. The second-order valence-electron chi connectivity index (χ2n) is 10.4. The van der Waals surface area contributed by atoms with Gasteiger partial charge in [-0.25, -0.2) is 4.79 Å². The van der Waals surface area contributed by atoms with Crippen LogP contribution in [0.25, 0.3) is 0 Å². The van der Waals surface area contributed by atoms with Crippen molar-refractivity contribution < 1.29 is 19.1 Å². The summed E-state index contributed by atoms with van der Waals surface area (Å²) in [7, 11) is 0. The Balaban J connectivity index is 1.30. The maximum atomic E-state index is 12.7. The van der Waals surface area contributed by atoms with Gasteiger partial charge < -0.3 is 15.4 Å². The number of benzene rings is 1. The quantitative estimate of drug-likeness (QED) is 0.655. The number of amides is 2. The summed E-state index contributed by atoms with van der Waals surface area (Å²) in [6, 6.07) is 6.36. The van der Waals surface area contributed by atoms with Crippen LogP contribution in [0, 0.1) is 30.6 Å². The molecule has 6 heteroatoms. The van der Waals surface area contributed by atoms with Crippen molar-refractivity contribution in [3.63, 3.8) is 0 Å². The second kappa shape index (κ2) is 8.64. The fourth-order valence-electron chi connectivity index (χ4n) is 6.25. The molecule has 31 heavy (non-hydrogen) atoms. The third kappa shape index (κ3) is 4.94. The van der Waals surface area contributed by atoms with E-state index in [1.54, 1.807) is 12.1 Å². The maximum absolute atomic E-state index is 12.7. The van der Waals surface area contributed by atoms with Gasteiger partial charge in [-0.1, -0.05) is 31.5 Å². The predicted molar refractivity (Wildman–Crippen MR) is 117 cm³/mol. The van der Waals surface area contributed by atoms with Gasteiger partial charge in [0.2, 0.25) is 0 Å². The summed E-state index contributed by atoms with van der Waals surface area (Å²) in [5, 5.41) is 5.97. The van der Waals surface area contributed by atoms with Gasteiger partial charge in [-0.3, -0.25) is 9.59 Å². The van der Waals surface area contributed by atoms with E-state index in [9.17, 15) is 14.4 Å². The van der Waals surface area contributed by atoms with Crippen LogP contribution in [0.1, 0.15) is 68.3 Å². The normalized spacial score (nSPS) is 29.5. The Hall–Kier alpha value is -2.37. The molecule has 0 spiro atoms. The molecule has 2 N–H and O–H groups in total. The minimum absolute atomic E-state index is 0.102. The van der Waals surface area contributed by atoms with Crippen molar-refractivity contribution in [3.05, 3.63) is 35.4 Å². The van der Waals surface area contributed by atoms with Crippen LogP contribution in [0.15, 0.2) is 24.3 Å². The highest BCUT2D eigenvalue weighted by atomic mass is 16.5. The Kier molecular flexibility index (Phi) is 6.09. The third-order valence-electron chi connectivity index (χ3n) is 7.31. The Morgan fingerprint density at radius 3 is 2.06 bits per heavy atom. The van der Waals surface area contributed by atoms with Crippen LogP contribution in [0.2, 0.25) is 0 Å². The zero-order valence-electron chi connectivity index (χ0n) is 18.8. The summed E-state index contributed by atoms with van der Waals surface area (Å²) < 4.78 is 5.33. The molecule has 2 amide bonds.